The van der Waals surface area contributed by atoms with Gasteiger partial charge in [0, 0.05) is 11.9 Å². The maximum Gasteiger partial charge on any atom is 0.272 e. The molecule has 20 heavy (non-hydrogen) atoms. The number of rotatable bonds is 6. The molecule has 5 heteroatoms. The zero-order chi connectivity index (χ0) is 14.5. The second-order valence-electron chi connectivity index (χ2n) is 4.97. The first-order valence-electron chi connectivity index (χ1n) is 7.06. The third-order valence-corrected chi connectivity index (χ3v) is 3.75. The summed E-state index contributed by atoms with van der Waals surface area (Å²) in [7, 11) is 0. The molecule has 0 radical (unpaired) electrons. The second-order valence-corrected chi connectivity index (χ2v) is 4.97. The number of carbonyl (C=O) groups excluding carboxylic acids is 1. The van der Waals surface area contributed by atoms with E-state index in [0.29, 0.717) is 5.69 Å². The van der Waals surface area contributed by atoms with Gasteiger partial charge in [-0.15, -0.1) is 0 Å². The van der Waals surface area contributed by atoms with Crippen LogP contribution in [0.3, 0.4) is 0 Å². The molecule has 0 saturated carbocycles. The third-order valence-electron chi connectivity index (χ3n) is 3.75. The Bertz CT molecular complexity index is 575. The van der Waals surface area contributed by atoms with E-state index in [2.05, 4.69) is 15.5 Å². The number of hydrogen-bond acceptors (Lipinski definition) is 3. The van der Waals surface area contributed by atoms with Crippen LogP contribution in [0.15, 0.2) is 24.3 Å². The van der Waals surface area contributed by atoms with Gasteiger partial charge < -0.3 is 10.4 Å². The predicted molar refractivity (Wildman–Crippen MR) is 78.5 cm³/mol. The molecule has 1 atom stereocenters. The van der Waals surface area contributed by atoms with Gasteiger partial charge in [0.15, 0.2) is 5.69 Å². The number of nitrogens with zero attached hydrogens (tertiary/aromatic N) is 1. The molecular formula is C15H21N3O2. The van der Waals surface area contributed by atoms with E-state index in [9.17, 15) is 9.90 Å². The Hall–Kier alpha value is -1.88. The molecule has 0 aliphatic carbocycles. The van der Waals surface area contributed by atoms with Crippen LogP contribution in [-0.2, 0) is 0 Å². The molecule has 5 nitrogen and oxygen atoms in total. The van der Waals surface area contributed by atoms with Crippen LogP contribution >= 0.6 is 0 Å². The number of fused-ring (bicyclic) bond motifs is 1. The molecule has 0 spiro atoms. The second kappa shape index (κ2) is 6.52. The number of benzene rings is 1. The molecule has 1 heterocycles. The summed E-state index contributed by atoms with van der Waals surface area (Å²) in [5.41, 5.74) is 1.20. The highest BCUT2D eigenvalue weighted by Gasteiger charge is 2.18. The topological polar surface area (TPSA) is 78.0 Å². The molecule has 1 amide bonds. The Morgan fingerprint density at radius 1 is 1.35 bits per heavy atom. The monoisotopic (exact) mass is 275 g/mol. The summed E-state index contributed by atoms with van der Waals surface area (Å²) in [6.07, 6.45) is 1.29. The first-order chi connectivity index (χ1) is 9.67. The number of aromatic nitrogens is 2. The summed E-state index contributed by atoms with van der Waals surface area (Å²) in [6.45, 7) is 4.34. The molecule has 0 aliphatic rings. The lowest BCUT2D eigenvalue weighted by Crippen LogP contribution is -2.36. The molecular weight excluding hydrogens is 254 g/mol. The van der Waals surface area contributed by atoms with Crippen LogP contribution in [0.25, 0.3) is 10.9 Å². The van der Waals surface area contributed by atoms with E-state index >= 15 is 0 Å². The van der Waals surface area contributed by atoms with E-state index in [1.807, 2.05) is 38.1 Å². The minimum Gasteiger partial charge on any atom is -0.391 e. The lowest BCUT2D eigenvalue weighted by Gasteiger charge is -2.20. The van der Waals surface area contributed by atoms with Crippen LogP contribution < -0.4 is 5.32 Å². The standard InChI is InChI=1S/C15H21N3O2/c1-3-10(4-2)13(19)9-16-15(20)14-11-7-5-6-8-12(11)17-18-14/h5-8,10,13,19H,3-4,9H2,1-2H3,(H,16,20)(H,17,18). The average molecular weight is 275 g/mol. The molecule has 1 aromatic carbocycles. The Morgan fingerprint density at radius 3 is 2.75 bits per heavy atom. The zero-order valence-electron chi connectivity index (χ0n) is 11.9. The number of aromatic amines is 1. The van der Waals surface area contributed by atoms with Gasteiger partial charge in [0.25, 0.3) is 5.91 Å². The predicted octanol–water partition coefficient (Wildman–Crippen LogP) is 2.09. The highest BCUT2D eigenvalue weighted by atomic mass is 16.3. The quantitative estimate of drug-likeness (QED) is 0.755. The van der Waals surface area contributed by atoms with Crippen molar-refractivity contribution in [2.24, 2.45) is 5.92 Å². The fourth-order valence-electron chi connectivity index (χ4n) is 2.42. The molecule has 2 aromatic rings. The maximum absolute atomic E-state index is 12.1. The SMILES string of the molecule is CCC(CC)C(O)CNC(=O)c1n[nH]c2ccccc12. The van der Waals surface area contributed by atoms with E-state index in [1.54, 1.807) is 0 Å². The molecule has 0 aliphatic heterocycles. The number of aliphatic hydroxyl groups is 1. The molecule has 108 valence electrons. The van der Waals surface area contributed by atoms with Gasteiger partial charge in [0.05, 0.1) is 11.6 Å². The number of nitrogens with one attached hydrogen (secondary N) is 2. The Kier molecular flexibility index (Phi) is 4.74. The van der Waals surface area contributed by atoms with Crippen LogP contribution in [0.2, 0.25) is 0 Å². The molecule has 0 bridgehead atoms. The average Bonchev–Trinajstić information content (AvgIpc) is 2.90. The highest BCUT2D eigenvalue weighted by Crippen LogP contribution is 2.15. The van der Waals surface area contributed by atoms with Crippen LogP contribution in [0, 0.1) is 5.92 Å². The number of carbonyl (C=O) groups is 1. The van der Waals surface area contributed by atoms with E-state index < -0.39 is 6.10 Å². The van der Waals surface area contributed by atoms with E-state index in [4.69, 9.17) is 0 Å². The van der Waals surface area contributed by atoms with Crippen molar-refractivity contribution < 1.29 is 9.90 Å². The minimum absolute atomic E-state index is 0.214. The van der Waals surface area contributed by atoms with Gasteiger partial charge >= 0.3 is 0 Å². The number of H-pyrrole nitrogens is 1. The van der Waals surface area contributed by atoms with E-state index in [-0.39, 0.29) is 18.4 Å². The van der Waals surface area contributed by atoms with Crippen molar-refractivity contribution in [1.29, 1.82) is 0 Å². The van der Waals surface area contributed by atoms with Gasteiger partial charge in [0.2, 0.25) is 0 Å². The fraction of sp³-hybridized carbons (Fsp3) is 0.467. The molecule has 1 unspecified atom stereocenters. The van der Waals surface area contributed by atoms with Crippen molar-refractivity contribution in [3.05, 3.63) is 30.0 Å². The van der Waals surface area contributed by atoms with Crippen molar-refractivity contribution in [1.82, 2.24) is 15.5 Å². The summed E-state index contributed by atoms with van der Waals surface area (Å²) in [4.78, 5) is 12.1. The van der Waals surface area contributed by atoms with Gasteiger partial charge in [-0.05, 0) is 12.0 Å². The lowest BCUT2D eigenvalue weighted by atomic mass is 9.96. The van der Waals surface area contributed by atoms with E-state index in [1.165, 1.54) is 0 Å². The third kappa shape index (κ3) is 2.99. The first-order valence-corrected chi connectivity index (χ1v) is 7.06. The van der Waals surface area contributed by atoms with Gasteiger partial charge in [-0.2, -0.15) is 5.10 Å². The number of aliphatic hydroxyl groups excluding tert-OH is 1. The zero-order valence-corrected chi connectivity index (χ0v) is 11.9. The summed E-state index contributed by atoms with van der Waals surface area (Å²) in [5, 5.41) is 20.4. The smallest absolute Gasteiger partial charge is 0.272 e. The number of para-hydroxylation sites is 1. The molecule has 3 N–H and O–H groups in total. The van der Waals surface area contributed by atoms with Crippen molar-refractivity contribution in [3.8, 4) is 0 Å². The number of amides is 1. The van der Waals surface area contributed by atoms with Gasteiger partial charge in [-0.1, -0.05) is 44.9 Å². The Morgan fingerprint density at radius 2 is 2.05 bits per heavy atom. The first kappa shape index (κ1) is 14.5. The van der Waals surface area contributed by atoms with Crippen LogP contribution in [0.5, 0.6) is 0 Å². The van der Waals surface area contributed by atoms with Crippen molar-refractivity contribution in [3.63, 3.8) is 0 Å². The Balaban J connectivity index is 2.02. The van der Waals surface area contributed by atoms with E-state index in [0.717, 1.165) is 23.7 Å². The van der Waals surface area contributed by atoms with Crippen LogP contribution in [-0.4, -0.2) is 33.9 Å². The molecule has 1 aromatic heterocycles. The van der Waals surface area contributed by atoms with Crippen molar-refractivity contribution >= 4 is 16.8 Å². The largest absolute Gasteiger partial charge is 0.391 e. The summed E-state index contributed by atoms with van der Waals surface area (Å²) in [5.74, 6) is -0.0429. The van der Waals surface area contributed by atoms with Gasteiger partial charge in [0.1, 0.15) is 0 Å². The molecule has 0 saturated heterocycles. The Labute approximate surface area is 118 Å². The normalized spacial score (nSPS) is 12.8. The van der Waals surface area contributed by atoms with Crippen LogP contribution in [0.1, 0.15) is 37.2 Å². The van der Waals surface area contributed by atoms with Gasteiger partial charge in [-0.3, -0.25) is 9.89 Å². The van der Waals surface area contributed by atoms with Gasteiger partial charge in [-0.25, -0.2) is 0 Å². The summed E-state index contributed by atoms with van der Waals surface area (Å²) < 4.78 is 0. The minimum atomic E-state index is -0.515. The van der Waals surface area contributed by atoms with Crippen molar-refractivity contribution in [2.45, 2.75) is 32.8 Å². The maximum atomic E-state index is 12.1. The molecule has 2 rings (SSSR count). The number of hydrogen-bond donors (Lipinski definition) is 3. The summed E-state index contributed by atoms with van der Waals surface area (Å²) in [6, 6.07) is 7.48. The fourth-order valence-corrected chi connectivity index (χ4v) is 2.42. The van der Waals surface area contributed by atoms with Crippen molar-refractivity contribution in [2.75, 3.05) is 6.54 Å². The van der Waals surface area contributed by atoms with Crippen LogP contribution in [0.4, 0.5) is 0 Å². The lowest BCUT2D eigenvalue weighted by molar-refractivity contribution is 0.0814. The summed E-state index contributed by atoms with van der Waals surface area (Å²) >= 11 is 0. The highest BCUT2D eigenvalue weighted by molar-refractivity contribution is 6.04. The molecule has 0 fully saturated rings.